The molecule has 8 atom stereocenters. The number of anilines is 1. The van der Waals surface area contributed by atoms with Crippen molar-refractivity contribution in [2.45, 2.75) is 218 Å². The van der Waals surface area contributed by atoms with Crippen molar-refractivity contribution in [2.24, 2.45) is 5.92 Å². The highest BCUT2D eigenvalue weighted by Gasteiger charge is 2.46. The average molecular weight is 1070 g/mol. The highest BCUT2D eigenvalue weighted by Crippen LogP contribution is 2.60. The fraction of sp³-hybridized carbons (Fsp3) is 0.731. The number of esters is 2. The number of allylic oxidation sites excluding steroid dienone is 6. The Bertz CT molecular complexity index is 1940. The van der Waals surface area contributed by atoms with E-state index < -0.39 is 89.8 Å². The number of carbonyl (C=O) groups excluding carboxylic acids is 2. The van der Waals surface area contributed by atoms with Gasteiger partial charge >= 0.3 is 33.3 Å². The van der Waals surface area contributed by atoms with Crippen LogP contribution in [0, 0.1) is 5.92 Å². The zero-order valence-corrected chi connectivity index (χ0v) is 45.5. The van der Waals surface area contributed by atoms with E-state index in [2.05, 4.69) is 36.1 Å². The second-order valence-corrected chi connectivity index (χ2v) is 22.1. The topological polar surface area (TPSA) is 286 Å². The number of carbonyl (C=O) groups is 2. The second-order valence-electron chi connectivity index (χ2n) is 19.1. The number of unbranched alkanes of at least 4 members (excludes halogenated alkanes) is 17. The van der Waals surface area contributed by atoms with Gasteiger partial charge < -0.3 is 45.1 Å². The molecule has 0 aromatic carbocycles. The van der Waals surface area contributed by atoms with Crippen LogP contribution in [0.2, 0.25) is 0 Å². The summed E-state index contributed by atoms with van der Waals surface area (Å²) in [5, 5.41) is 31.0. The maximum absolute atomic E-state index is 12.9. The van der Waals surface area contributed by atoms with Gasteiger partial charge in [-0.2, -0.15) is 9.29 Å². The van der Waals surface area contributed by atoms with Crippen molar-refractivity contribution in [2.75, 3.05) is 25.6 Å². The number of phosphoric acid groups is 2. The number of aliphatic hydroxyl groups excluding tert-OH is 3. The molecule has 2 rings (SSSR count). The largest absolute Gasteiger partial charge is 0.481 e. The minimum absolute atomic E-state index is 0.0172. The standard InChI is InChI=1S/C52H89N3O16P2/c1-4-5-6-7-17-23-28-33-43(56)34-29-24-19-16-21-25-30-35-47(57)66-39-44(69-48(58)36-31-26-20-15-13-11-9-8-10-12-14-18-22-27-32-42(2)3)40-67-72(62,63)71-73(64,65)68-41-45-49(59)50(60)51(70-45)55-38-37-46(53)54-52(55)61/h16-17,21,23-24,28-29,33,37-38,42-45,49-51,56,59-60H,4-15,18-20,22,25-27,30-32,34-36,39-41H2,1-3H3,(H,62,63)(H,64,65)(H2,53,54,61)/b21-16+,23-17-,29-24-,33-28-/t43-,44-,45-,49-,50-,51-/m1/s1. The van der Waals surface area contributed by atoms with E-state index in [0.717, 1.165) is 55.2 Å². The molecule has 0 bridgehead atoms. The summed E-state index contributed by atoms with van der Waals surface area (Å²) in [6, 6.07) is 1.24. The van der Waals surface area contributed by atoms with Crippen LogP contribution in [0.5, 0.6) is 0 Å². The van der Waals surface area contributed by atoms with E-state index in [4.69, 9.17) is 29.0 Å². The van der Waals surface area contributed by atoms with E-state index in [-0.39, 0.29) is 18.7 Å². The Hall–Kier alpha value is -3.32. The van der Waals surface area contributed by atoms with Crippen molar-refractivity contribution in [1.82, 2.24) is 9.55 Å². The molecule has 21 heteroatoms. The van der Waals surface area contributed by atoms with Crippen molar-refractivity contribution >= 4 is 33.4 Å². The first kappa shape index (κ1) is 65.8. The number of aromatic nitrogens is 2. The Labute approximate surface area is 433 Å². The number of hydrogen-bond acceptors (Lipinski definition) is 16. The summed E-state index contributed by atoms with van der Waals surface area (Å²) < 4.78 is 56.8. The molecule has 1 aromatic heterocycles. The summed E-state index contributed by atoms with van der Waals surface area (Å²) in [6.07, 6.45) is 32.2. The van der Waals surface area contributed by atoms with Gasteiger partial charge in [0.25, 0.3) is 0 Å². The highest BCUT2D eigenvalue weighted by molar-refractivity contribution is 7.61. The summed E-state index contributed by atoms with van der Waals surface area (Å²) in [5.41, 5.74) is 4.58. The molecule has 2 heterocycles. The minimum Gasteiger partial charge on any atom is -0.462 e. The van der Waals surface area contributed by atoms with Crippen molar-refractivity contribution in [3.63, 3.8) is 0 Å². The van der Waals surface area contributed by atoms with Gasteiger partial charge in [0.05, 0.1) is 19.3 Å². The smallest absolute Gasteiger partial charge is 0.462 e. The monoisotopic (exact) mass is 1070 g/mol. The SMILES string of the molecule is CCCCC/C=C\C=C/[C@@H](O)C/C=C\C/C=C/CCCC(=O)OC[C@H](COP(=O)(O)OP(=O)(O)OC[C@H]1O[C@@H](n2ccc(N)nc2=O)[C@H](O)[C@@H]1O)OC(=O)CCCCCCCCCCCCCCCCC(C)C. The van der Waals surface area contributed by atoms with E-state index in [9.17, 15) is 48.6 Å². The fourth-order valence-electron chi connectivity index (χ4n) is 7.75. The number of rotatable bonds is 43. The Morgan fingerprint density at radius 3 is 2.01 bits per heavy atom. The third-order valence-corrected chi connectivity index (χ3v) is 14.5. The van der Waals surface area contributed by atoms with E-state index in [1.54, 1.807) is 6.08 Å². The van der Waals surface area contributed by atoms with Crippen molar-refractivity contribution in [1.29, 1.82) is 0 Å². The van der Waals surface area contributed by atoms with Crippen LogP contribution in [-0.4, -0.2) is 96.9 Å². The number of nitrogen functional groups attached to an aromatic ring is 1. The molecular formula is C52H89N3O16P2. The van der Waals surface area contributed by atoms with Crippen LogP contribution in [0.15, 0.2) is 65.7 Å². The van der Waals surface area contributed by atoms with Crippen LogP contribution in [0.4, 0.5) is 5.82 Å². The molecule has 1 fully saturated rings. The minimum atomic E-state index is -5.45. The van der Waals surface area contributed by atoms with Gasteiger partial charge in [0.15, 0.2) is 12.3 Å². The van der Waals surface area contributed by atoms with Gasteiger partial charge in [-0.15, -0.1) is 0 Å². The molecule has 7 N–H and O–H groups in total. The summed E-state index contributed by atoms with van der Waals surface area (Å²) in [4.78, 5) is 62.0. The van der Waals surface area contributed by atoms with E-state index in [1.807, 2.05) is 36.5 Å². The first-order chi connectivity index (χ1) is 34.9. The molecule has 418 valence electrons. The predicted octanol–water partition coefficient (Wildman–Crippen LogP) is 10.2. The molecule has 0 amide bonds. The Balaban J connectivity index is 1.82. The van der Waals surface area contributed by atoms with Crippen molar-refractivity contribution in [3.8, 4) is 0 Å². The molecule has 1 aliphatic rings. The lowest BCUT2D eigenvalue weighted by Gasteiger charge is -2.21. The maximum Gasteiger partial charge on any atom is 0.481 e. The van der Waals surface area contributed by atoms with Crippen molar-refractivity contribution < 1.29 is 71.4 Å². The van der Waals surface area contributed by atoms with Gasteiger partial charge in [-0.1, -0.05) is 172 Å². The number of nitrogens with two attached hydrogens (primary N) is 1. The zero-order valence-electron chi connectivity index (χ0n) is 43.7. The molecule has 19 nitrogen and oxygen atoms in total. The molecular weight excluding hydrogens is 985 g/mol. The van der Waals surface area contributed by atoms with Gasteiger partial charge in [0, 0.05) is 19.0 Å². The first-order valence-corrected chi connectivity index (χ1v) is 29.6. The Morgan fingerprint density at radius 1 is 0.767 bits per heavy atom. The summed E-state index contributed by atoms with van der Waals surface area (Å²) >= 11 is 0. The molecule has 1 aromatic rings. The van der Waals surface area contributed by atoms with Gasteiger partial charge in [0.1, 0.15) is 30.7 Å². The van der Waals surface area contributed by atoms with Crippen LogP contribution in [0.25, 0.3) is 0 Å². The average Bonchev–Trinajstić information content (AvgIpc) is 3.61. The lowest BCUT2D eigenvalue weighted by Crippen LogP contribution is -2.36. The van der Waals surface area contributed by atoms with Crippen LogP contribution >= 0.6 is 15.6 Å². The van der Waals surface area contributed by atoms with Crippen LogP contribution in [0.3, 0.4) is 0 Å². The summed E-state index contributed by atoms with van der Waals surface area (Å²) in [6.45, 7) is 4.32. The molecule has 0 saturated carbocycles. The van der Waals surface area contributed by atoms with E-state index in [1.165, 1.54) is 83.1 Å². The lowest BCUT2D eigenvalue weighted by molar-refractivity contribution is -0.161. The third kappa shape index (κ3) is 32.7. The van der Waals surface area contributed by atoms with Gasteiger partial charge in [-0.3, -0.25) is 23.2 Å². The third-order valence-electron chi connectivity index (χ3n) is 11.9. The van der Waals surface area contributed by atoms with E-state index >= 15 is 0 Å². The Kier molecular flexibility index (Phi) is 35.3. The van der Waals surface area contributed by atoms with Crippen LogP contribution in [0.1, 0.15) is 188 Å². The van der Waals surface area contributed by atoms with Crippen LogP contribution < -0.4 is 11.4 Å². The van der Waals surface area contributed by atoms with Gasteiger partial charge in [0.2, 0.25) is 0 Å². The molecule has 0 radical (unpaired) electrons. The fourth-order valence-corrected chi connectivity index (χ4v) is 9.86. The number of aliphatic hydroxyl groups is 3. The number of ether oxygens (including phenoxy) is 3. The molecule has 2 unspecified atom stereocenters. The summed E-state index contributed by atoms with van der Waals surface area (Å²) in [7, 11) is -10.9. The zero-order chi connectivity index (χ0) is 53.7. The predicted molar refractivity (Wildman–Crippen MR) is 281 cm³/mol. The lowest BCUT2D eigenvalue weighted by atomic mass is 10.0. The normalized spacial score (nSPS) is 19.8. The maximum atomic E-state index is 12.9. The van der Waals surface area contributed by atoms with Gasteiger partial charge in [-0.05, 0) is 56.9 Å². The molecule has 73 heavy (non-hydrogen) atoms. The van der Waals surface area contributed by atoms with E-state index in [0.29, 0.717) is 32.1 Å². The number of phosphoric ester groups is 2. The number of hydrogen-bond donors (Lipinski definition) is 6. The Morgan fingerprint density at radius 2 is 1.37 bits per heavy atom. The molecule has 0 spiro atoms. The number of nitrogens with zero attached hydrogens (tertiary/aromatic N) is 2. The summed E-state index contributed by atoms with van der Waals surface area (Å²) in [5.74, 6) is -0.619. The molecule has 1 saturated heterocycles. The van der Waals surface area contributed by atoms with Gasteiger partial charge in [-0.25, -0.2) is 13.9 Å². The first-order valence-electron chi connectivity index (χ1n) is 26.6. The molecule has 1 aliphatic heterocycles. The second kappa shape index (κ2) is 39.1. The quantitative estimate of drug-likeness (QED) is 0.0117. The van der Waals surface area contributed by atoms with Crippen LogP contribution in [-0.2, 0) is 46.3 Å². The molecule has 0 aliphatic carbocycles. The van der Waals surface area contributed by atoms with Crippen molar-refractivity contribution in [3.05, 3.63) is 71.4 Å². The highest BCUT2D eigenvalue weighted by atomic mass is 31.3.